The van der Waals surface area contributed by atoms with Crippen LogP contribution in [0.3, 0.4) is 0 Å². The highest BCUT2D eigenvalue weighted by atomic mass is 16.7. The van der Waals surface area contributed by atoms with Gasteiger partial charge in [0.15, 0.2) is 5.75 Å². The predicted octanol–water partition coefficient (Wildman–Crippen LogP) is 6.11. The standard InChI is InChI=1S/C32H31NO4/c1-4-12-24(13-5-1)20-34-23-28-31(35-21-25-14-6-2-7-15-25)32(36-22-26-16-8-3-9-17-26)30-27-18-10-11-19-29(27)37-33(28)30/h1-19,28,30-32H,20-23H2/t28-,30-,31-,32-/m0/s1. The van der Waals surface area contributed by atoms with E-state index in [4.69, 9.17) is 19.0 Å². The lowest BCUT2D eigenvalue weighted by atomic mass is 10.00. The van der Waals surface area contributed by atoms with Crippen molar-refractivity contribution < 1.29 is 19.0 Å². The maximum Gasteiger partial charge on any atom is 0.152 e. The molecule has 5 heteroatoms. The fraction of sp³-hybridized carbons (Fsp3) is 0.250. The summed E-state index contributed by atoms with van der Waals surface area (Å²) >= 11 is 0. The molecule has 0 spiro atoms. The second kappa shape index (κ2) is 11.3. The third-order valence-corrected chi connectivity index (χ3v) is 7.03. The van der Waals surface area contributed by atoms with E-state index in [1.54, 1.807) is 0 Å². The van der Waals surface area contributed by atoms with Crippen LogP contribution >= 0.6 is 0 Å². The molecule has 0 unspecified atom stereocenters. The van der Waals surface area contributed by atoms with Gasteiger partial charge in [-0.2, -0.15) is 0 Å². The van der Waals surface area contributed by atoms with Crippen LogP contribution in [0.1, 0.15) is 28.3 Å². The summed E-state index contributed by atoms with van der Waals surface area (Å²) < 4.78 is 19.5. The topological polar surface area (TPSA) is 40.2 Å². The van der Waals surface area contributed by atoms with E-state index < -0.39 is 0 Å². The minimum Gasteiger partial charge on any atom is -0.404 e. The molecular formula is C32H31NO4. The second-order valence-electron chi connectivity index (χ2n) is 9.52. The first-order valence-corrected chi connectivity index (χ1v) is 12.8. The van der Waals surface area contributed by atoms with Crippen molar-refractivity contribution >= 4 is 0 Å². The normalized spacial score (nSPS) is 22.4. The average molecular weight is 494 g/mol. The van der Waals surface area contributed by atoms with E-state index in [1.807, 2.05) is 71.8 Å². The van der Waals surface area contributed by atoms with E-state index in [0.717, 1.165) is 28.0 Å². The number of hydrogen-bond acceptors (Lipinski definition) is 5. The molecule has 2 aliphatic heterocycles. The number of benzene rings is 4. The molecule has 4 atom stereocenters. The molecule has 5 nitrogen and oxygen atoms in total. The molecule has 6 rings (SSSR count). The maximum atomic E-state index is 6.65. The molecule has 1 fully saturated rings. The van der Waals surface area contributed by atoms with Crippen LogP contribution in [0.5, 0.6) is 5.75 Å². The van der Waals surface area contributed by atoms with Crippen LogP contribution < -0.4 is 4.84 Å². The Morgan fingerprint density at radius 1 is 0.568 bits per heavy atom. The number of nitrogens with zero attached hydrogens (tertiary/aromatic N) is 1. The molecule has 37 heavy (non-hydrogen) atoms. The number of para-hydroxylation sites is 1. The lowest BCUT2D eigenvalue weighted by Gasteiger charge is -2.27. The van der Waals surface area contributed by atoms with Crippen molar-refractivity contribution in [2.75, 3.05) is 6.61 Å². The third kappa shape index (κ3) is 5.31. The van der Waals surface area contributed by atoms with Crippen LogP contribution in [-0.2, 0) is 34.0 Å². The van der Waals surface area contributed by atoms with Gasteiger partial charge in [0.05, 0.1) is 32.5 Å². The van der Waals surface area contributed by atoms with Crippen molar-refractivity contribution in [1.82, 2.24) is 5.06 Å². The first-order valence-electron chi connectivity index (χ1n) is 12.8. The highest BCUT2D eigenvalue weighted by Crippen LogP contribution is 2.48. The van der Waals surface area contributed by atoms with Crippen LogP contribution in [0.25, 0.3) is 0 Å². The molecule has 4 aromatic rings. The van der Waals surface area contributed by atoms with Crippen molar-refractivity contribution in [3.05, 3.63) is 138 Å². The van der Waals surface area contributed by atoms with Gasteiger partial charge in [-0.05, 0) is 22.8 Å². The molecule has 0 radical (unpaired) electrons. The van der Waals surface area contributed by atoms with Crippen molar-refractivity contribution in [2.24, 2.45) is 0 Å². The van der Waals surface area contributed by atoms with Crippen molar-refractivity contribution in [2.45, 2.75) is 44.1 Å². The summed E-state index contributed by atoms with van der Waals surface area (Å²) in [5.41, 5.74) is 4.52. The molecule has 0 aromatic heterocycles. The van der Waals surface area contributed by atoms with Crippen LogP contribution in [0.4, 0.5) is 0 Å². The van der Waals surface area contributed by atoms with Gasteiger partial charge in [-0.1, -0.05) is 109 Å². The van der Waals surface area contributed by atoms with Crippen LogP contribution in [0.15, 0.2) is 115 Å². The smallest absolute Gasteiger partial charge is 0.152 e. The minimum absolute atomic E-state index is 0.0778. The molecule has 0 amide bonds. The molecule has 0 saturated carbocycles. The quantitative estimate of drug-likeness (QED) is 0.267. The zero-order chi connectivity index (χ0) is 24.9. The fourth-order valence-corrected chi connectivity index (χ4v) is 5.22. The molecule has 2 aliphatic rings. The molecule has 188 valence electrons. The first-order chi connectivity index (χ1) is 18.4. The predicted molar refractivity (Wildman–Crippen MR) is 142 cm³/mol. The Kier molecular flexibility index (Phi) is 7.28. The summed E-state index contributed by atoms with van der Waals surface area (Å²) in [6, 6.07) is 38.8. The van der Waals surface area contributed by atoms with E-state index in [2.05, 4.69) is 48.5 Å². The van der Waals surface area contributed by atoms with Gasteiger partial charge in [0.1, 0.15) is 18.2 Å². The number of hydroxylamine groups is 2. The highest BCUT2D eigenvalue weighted by Gasteiger charge is 2.56. The van der Waals surface area contributed by atoms with Gasteiger partial charge in [0.2, 0.25) is 0 Å². The van der Waals surface area contributed by atoms with Crippen LogP contribution in [0.2, 0.25) is 0 Å². The van der Waals surface area contributed by atoms with E-state index in [9.17, 15) is 0 Å². The summed E-state index contributed by atoms with van der Waals surface area (Å²) in [6.07, 6.45) is -0.462. The summed E-state index contributed by atoms with van der Waals surface area (Å²) in [5, 5.41) is 2.04. The SMILES string of the molecule is c1ccc(COC[C@H]2[C@H](OCc3ccccc3)[C@@H](OCc3ccccc3)[C@@H]3c4ccccc4ON23)cc1. The number of hydrogen-bond donors (Lipinski definition) is 0. The Labute approximate surface area is 218 Å². The van der Waals surface area contributed by atoms with E-state index in [-0.39, 0.29) is 24.3 Å². The molecule has 2 heterocycles. The molecule has 0 bridgehead atoms. The minimum atomic E-state index is -0.238. The summed E-state index contributed by atoms with van der Waals surface area (Å²) in [5.74, 6) is 0.871. The van der Waals surface area contributed by atoms with Gasteiger partial charge in [0, 0.05) is 5.56 Å². The zero-order valence-corrected chi connectivity index (χ0v) is 20.7. The van der Waals surface area contributed by atoms with E-state index >= 15 is 0 Å². The van der Waals surface area contributed by atoms with Crippen LogP contribution in [0, 0.1) is 0 Å². The first kappa shape index (κ1) is 23.9. The van der Waals surface area contributed by atoms with E-state index in [1.165, 1.54) is 0 Å². The largest absolute Gasteiger partial charge is 0.404 e. The number of fused-ring (bicyclic) bond motifs is 3. The van der Waals surface area contributed by atoms with Crippen molar-refractivity contribution in [3.63, 3.8) is 0 Å². The van der Waals surface area contributed by atoms with Gasteiger partial charge < -0.3 is 19.0 Å². The fourth-order valence-electron chi connectivity index (χ4n) is 5.22. The van der Waals surface area contributed by atoms with Crippen molar-refractivity contribution in [3.8, 4) is 5.75 Å². The number of rotatable bonds is 10. The van der Waals surface area contributed by atoms with Gasteiger partial charge >= 0.3 is 0 Å². The molecule has 0 aliphatic carbocycles. The summed E-state index contributed by atoms with van der Waals surface area (Å²) in [7, 11) is 0. The molecule has 0 N–H and O–H groups in total. The molecule has 1 saturated heterocycles. The summed E-state index contributed by atoms with van der Waals surface area (Å²) in [4.78, 5) is 6.40. The Bertz CT molecular complexity index is 1270. The van der Waals surface area contributed by atoms with E-state index in [0.29, 0.717) is 26.4 Å². The molecular weight excluding hydrogens is 462 g/mol. The Hall–Kier alpha value is -3.48. The summed E-state index contributed by atoms with van der Waals surface area (Å²) in [6.45, 7) is 1.99. The lowest BCUT2D eigenvalue weighted by molar-refractivity contribution is -0.125. The van der Waals surface area contributed by atoms with Gasteiger partial charge in [-0.25, -0.2) is 0 Å². The highest BCUT2D eigenvalue weighted by molar-refractivity contribution is 5.41. The Morgan fingerprint density at radius 2 is 1.08 bits per heavy atom. The monoisotopic (exact) mass is 493 g/mol. The third-order valence-electron chi connectivity index (χ3n) is 7.03. The zero-order valence-electron chi connectivity index (χ0n) is 20.7. The average Bonchev–Trinajstić information content (AvgIpc) is 3.47. The second-order valence-corrected chi connectivity index (χ2v) is 9.52. The Balaban J connectivity index is 1.27. The van der Waals surface area contributed by atoms with Crippen molar-refractivity contribution in [1.29, 1.82) is 0 Å². The van der Waals surface area contributed by atoms with Gasteiger partial charge in [-0.3, -0.25) is 0 Å². The maximum absolute atomic E-state index is 6.65. The Morgan fingerprint density at radius 3 is 1.70 bits per heavy atom. The van der Waals surface area contributed by atoms with Gasteiger partial charge in [0.25, 0.3) is 0 Å². The number of ether oxygens (including phenoxy) is 3. The van der Waals surface area contributed by atoms with Crippen LogP contribution in [-0.4, -0.2) is 29.9 Å². The van der Waals surface area contributed by atoms with Gasteiger partial charge in [-0.15, -0.1) is 5.06 Å². The molecule has 4 aromatic carbocycles. The lowest BCUT2D eigenvalue weighted by Crippen LogP contribution is -2.42.